The normalized spacial score (nSPS) is 16.6. The molecule has 1 aliphatic rings. The van der Waals surface area contributed by atoms with Crippen LogP contribution in [0.2, 0.25) is 0 Å². The Hall–Kier alpha value is -1.80. The molecule has 0 spiro atoms. The summed E-state index contributed by atoms with van der Waals surface area (Å²) in [7, 11) is 2.32. The lowest BCUT2D eigenvalue weighted by Crippen LogP contribution is -2.34. The highest BCUT2D eigenvalue weighted by molar-refractivity contribution is 7.97. The predicted octanol–water partition coefficient (Wildman–Crippen LogP) is 6.37. The zero-order valence-corrected chi connectivity index (χ0v) is 19.0. The van der Waals surface area contributed by atoms with Crippen LogP contribution in [0, 0.1) is 11.3 Å². The summed E-state index contributed by atoms with van der Waals surface area (Å²) in [4.78, 5) is 3.71. The van der Waals surface area contributed by atoms with Gasteiger partial charge in [0.1, 0.15) is 0 Å². The SMILES string of the molecule is CN(CCC(CNSc1cccc(C#N)c1)c1ccccc1)C1CCCCCCC1. The molecule has 160 valence electrons. The van der Waals surface area contributed by atoms with Gasteiger partial charge in [-0.1, -0.05) is 68.5 Å². The van der Waals surface area contributed by atoms with Crippen LogP contribution in [-0.2, 0) is 0 Å². The van der Waals surface area contributed by atoms with E-state index in [2.05, 4.69) is 59.1 Å². The van der Waals surface area contributed by atoms with Crippen LogP contribution < -0.4 is 4.72 Å². The molecule has 0 heterocycles. The van der Waals surface area contributed by atoms with E-state index in [4.69, 9.17) is 5.26 Å². The topological polar surface area (TPSA) is 39.1 Å². The second-order valence-electron chi connectivity index (χ2n) is 8.47. The zero-order valence-electron chi connectivity index (χ0n) is 18.2. The number of nitrogens with one attached hydrogen (secondary N) is 1. The van der Waals surface area contributed by atoms with Crippen molar-refractivity contribution in [2.24, 2.45) is 0 Å². The van der Waals surface area contributed by atoms with Crippen LogP contribution in [-0.4, -0.2) is 31.1 Å². The fraction of sp³-hybridized carbons (Fsp3) is 0.500. The second-order valence-corrected chi connectivity index (χ2v) is 9.43. The Labute approximate surface area is 187 Å². The third-order valence-corrected chi connectivity index (χ3v) is 7.08. The van der Waals surface area contributed by atoms with Gasteiger partial charge in [-0.2, -0.15) is 5.26 Å². The zero-order chi connectivity index (χ0) is 21.0. The quantitative estimate of drug-likeness (QED) is 0.477. The Kier molecular flexibility index (Phi) is 9.76. The Morgan fingerprint density at radius 3 is 2.50 bits per heavy atom. The molecule has 0 aromatic heterocycles. The summed E-state index contributed by atoms with van der Waals surface area (Å²) in [5.41, 5.74) is 2.12. The van der Waals surface area contributed by atoms with Crippen LogP contribution in [0.4, 0.5) is 0 Å². The van der Waals surface area contributed by atoms with E-state index in [1.165, 1.54) is 50.5 Å². The first-order valence-corrected chi connectivity index (χ1v) is 12.2. The first kappa shape index (κ1) is 22.9. The van der Waals surface area contributed by atoms with Crippen LogP contribution in [0.15, 0.2) is 59.5 Å². The van der Waals surface area contributed by atoms with E-state index < -0.39 is 0 Å². The number of rotatable bonds is 9. The lowest BCUT2D eigenvalue weighted by molar-refractivity contribution is 0.197. The lowest BCUT2D eigenvalue weighted by Gasteiger charge is -2.31. The summed E-state index contributed by atoms with van der Waals surface area (Å²) in [5, 5.41) is 9.10. The van der Waals surface area contributed by atoms with Crippen LogP contribution >= 0.6 is 11.9 Å². The molecule has 0 radical (unpaired) electrons. The molecule has 0 bridgehead atoms. The molecular formula is C26H35N3S. The molecule has 3 nitrogen and oxygen atoms in total. The van der Waals surface area contributed by atoms with Gasteiger partial charge in [0.15, 0.2) is 0 Å². The molecule has 0 amide bonds. The van der Waals surface area contributed by atoms with Crippen molar-refractivity contribution < 1.29 is 0 Å². The van der Waals surface area contributed by atoms with E-state index in [-0.39, 0.29) is 0 Å². The minimum absolute atomic E-state index is 0.480. The number of hydrogen-bond acceptors (Lipinski definition) is 4. The minimum atomic E-state index is 0.480. The summed E-state index contributed by atoms with van der Waals surface area (Å²) in [6, 6.07) is 21.6. The van der Waals surface area contributed by atoms with E-state index in [1.807, 2.05) is 18.2 Å². The molecule has 0 aliphatic heterocycles. The van der Waals surface area contributed by atoms with Gasteiger partial charge < -0.3 is 4.90 Å². The lowest BCUT2D eigenvalue weighted by atomic mass is 9.93. The van der Waals surface area contributed by atoms with Crippen LogP contribution in [0.3, 0.4) is 0 Å². The van der Waals surface area contributed by atoms with Crippen molar-refractivity contribution >= 4 is 11.9 Å². The molecule has 1 unspecified atom stereocenters. The molecule has 1 fully saturated rings. The van der Waals surface area contributed by atoms with Crippen molar-refractivity contribution in [3.05, 3.63) is 65.7 Å². The molecule has 0 saturated heterocycles. The summed E-state index contributed by atoms with van der Waals surface area (Å²) in [6.07, 6.45) is 10.9. The maximum Gasteiger partial charge on any atom is 0.0992 e. The average molecular weight is 422 g/mol. The van der Waals surface area contributed by atoms with E-state index in [9.17, 15) is 0 Å². The fourth-order valence-corrected chi connectivity index (χ4v) is 5.17. The van der Waals surface area contributed by atoms with Gasteiger partial charge in [0.05, 0.1) is 11.6 Å². The monoisotopic (exact) mass is 421 g/mol. The molecule has 2 aromatic rings. The molecular weight excluding hydrogens is 386 g/mol. The molecule has 1 saturated carbocycles. The Bertz CT molecular complexity index is 778. The minimum Gasteiger partial charge on any atom is -0.303 e. The highest BCUT2D eigenvalue weighted by atomic mass is 32.2. The second kappa shape index (κ2) is 12.8. The van der Waals surface area contributed by atoms with Gasteiger partial charge in [0.25, 0.3) is 0 Å². The van der Waals surface area contributed by atoms with Crippen LogP contribution in [0.5, 0.6) is 0 Å². The number of nitrogens with zero attached hydrogens (tertiary/aromatic N) is 2. The highest BCUT2D eigenvalue weighted by Gasteiger charge is 2.18. The van der Waals surface area contributed by atoms with Crippen molar-refractivity contribution in [2.75, 3.05) is 20.1 Å². The van der Waals surface area contributed by atoms with Gasteiger partial charge in [-0.25, -0.2) is 0 Å². The third kappa shape index (κ3) is 7.47. The maximum atomic E-state index is 9.10. The van der Waals surface area contributed by atoms with Gasteiger partial charge in [0, 0.05) is 17.5 Å². The molecule has 3 rings (SSSR count). The first-order valence-electron chi connectivity index (χ1n) is 11.4. The summed E-state index contributed by atoms with van der Waals surface area (Å²) >= 11 is 1.63. The summed E-state index contributed by atoms with van der Waals surface area (Å²) < 4.78 is 3.56. The molecule has 4 heteroatoms. The first-order chi connectivity index (χ1) is 14.8. The largest absolute Gasteiger partial charge is 0.303 e. The number of hydrogen-bond donors (Lipinski definition) is 1. The van der Waals surface area contributed by atoms with Crippen molar-refractivity contribution in [3.8, 4) is 6.07 Å². The van der Waals surface area contributed by atoms with Gasteiger partial charge in [-0.05, 0) is 74.5 Å². The third-order valence-electron chi connectivity index (χ3n) is 6.28. The average Bonchev–Trinajstić information content (AvgIpc) is 2.76. The summed E-state index contributed by atoms with van der Waals surface area (Å²) in [5.74, 6) is 0.480. The Balaban J connectivity index is 1.55. The standard InChI is InChI=1S/C26H35N3S/c1-29(25-14-8-3-2-4-9-15-25)18-17-24(23-12-6-5-7-13-23)21-28-30-26-16-10-11-22(19-26)20-27/h5-7,10-13,16,19,24-25,28H,2-4,8-9,14-15,17-18,21H2,1H3. The molecule has 1 aliphatic carbocycles. The Morgan fingerprint density at radius 1 is 1.03 bits per heavy atom. The van der Waals surface area contributed by atoms with Crippen LogP contribution in [0.25, 0.3) is 0 Å². The van der Waals surface area contributed by atoms with Gasteiger partial charge in [0.2, 0.25) is 0 Å². The fourth-order valence-electron chi connectivity index (χ4n) is 4.38. The van der Waals surface area contributed by atoms with Gasteiger partial charge in [-0.3, -0.25) is 4.72 Å². The number of benzene rings is 2. The highest BCUT2D eigenvalue weighted by Crippen LogP contribution is 2.25. The van der Waals surface area contributed by atoms with Crippen molar-refractivity contribution in [1.29, 1.82) is 5.26 Å². The molecule has 30 heavy (non-hydrogen) atoms. The smallest absolute Gasteiger partial charge is 0.0992 e. The van der Waals surface area contributed by atoms with Crippen molar-refractivity contribution in [2.45, 2.75) is 68.2 Å². The summed E-state index contributed by atoms with van der Waals surface area (Å²) in [6.45, 7) is 2.06. The molecule has 1 atom stereocenters. The van der Waals surface area contributed by atoms with Crippen LogP contribution in [0.1, 0.15) is 68.4 Å². The van der Waals surface area contributed by atoms with Crippen molar-refractivity contribution in [1.82, 2.24) is 9.62 Å². The van der Waals surface area contributed by atoms with E-state index in [1.54, 1.807) is 11.9 Å². The van der Waals surface area contributed by atoms with E-state index in [0.717, 1.165) is 30.4 Å². The van der Waals surface area contributed by atoms with E-state index in [0.29, 0.717) is 11.5 Å². The number of nitriles is 1. The molecule has 2 aromatic carbocycles. The predicted molar refractivity (Wildman–Crippen MR) is 128 cm³/mol. The van der Waals surface area contributed by atoms with Crippen molar-refractivity contribution in [3.63, 3.8) is 0 Å². The van der Waals surface area contributed by atoms with Gasteiger partial charge >= 0.3 is 0 Å². The molecule has 1 N–H and O–H groups in total. The van der Waals surface area contributed by atoms with E-state index >= 15 is 0 Å². The Morgan fingerprint density at radius 2 is 1.77 bits per heavy atom. The van der Waals surface area contributed by atoms with Gasteiger partial charge in [-0.15, -0.1) is 0 Å². The maximum absolute atomic E-state index is 9.10.